The summed E-state index contributed by atoms with van der Waals surface area (Å²) in [4.78, 5) is 2.17. The molecule has 5 heteroatoms. The normalized spacial score (nSPS) is 20.4. The SMILES string of the molecule is CCC1CCN(c2ccc(F)cc2/C(N)=N/O)C1. The van der Waals surface area contributed by atoms with Crippen LogP contribution in [0.15, 0.2) is 23.4 Å². The van der Waals surface area contributed by atoms with E-state index in [0.717, 1.165) is 31.6 Å². The molecular weight excluding hydrogens is 233 g/mol. The van der Waals surface area contributed by atoms with Gasteiger partial charge in [0.1, 0.15) is 5.82 Å². The summed E-state index contributed by atoms with van der Waals surface area (Å²) in [5, 5.41) is 11.7. The highest BCUT2D eigenvalue weighted by Gasteiger charge is 2.24. The minimum absolute atomic E-state index is 0.0514. The van der Waals surface area contributed by atoms with E-state index in [-0.39, 0.29) is 11.7 Å². The number of benzene rings is 1. The van der Waals surface area contributed by atoms with Gasteiger partial charge in [-0.15, -0.1) is 0 Å². The highest BCUT2D eigenvalue weighted by atomic mass is 19.1. The fraction of sp³-hybridized carbons (Fsp3) is 0.462. The molecule has 1 aliphatic heterocycles. The number of nitrogens with two attached hydrogens (primary N) is 1. The lowest BCUT2D eigenvalue weighted by Crippen LogP contribution is -2.24. The maximum absolute atomic E-state index is 13.3. The van der Waals surface area contributed by atoms with E-state index in [1.165, 1.54) is 12.1 Å². The fourth-order valence-electron chi connectivity index (χ4n) is 2.43. The molecule has 0 aromatic heterocycles. The van der Waals surface area contributed by atoms with Gasteiger partial charge in [-0.05, 0) is 30.5 Å². The second kappa shape index (κ2) is 5.25. The van der Waals surface area contributed by atoms with Gasteiger partial charge in [0, 0.05) is 24.3 Å². The number of anilines is 1. The summed E-state index contributed by atoms with van der Waals surface area (Å²) in [6.45, 7) is 4.03. The number of rotatable bonds is 3. The Morgan fingerprint density at radius 1 is 1.61 bits per heavy atom. The predicted molar refractivity (Wildman–Crippen MR) is 69.5 cm³/mol. The Labute approximate surface area is 106 Å². The van der Waals surface area contributed by atoms with Crippen LogP contribution in [0.4, 0.5) is 10.1 Å². The molecule has 0 spiro atoms. The molecule has 2 rings (SSSR count). The van der Waals surface area contributed by atoms with E-state index in [1.807, 2.05) is 0 Å². The zero-order chi connectivity index (χ0) is 13.1. The summed E-state index contributed by atoms with van der Waals surface area (Å²) in [6.07, 6.45) is 2.26. The van der Waals surface area contributed by atoms with Crippen LogP contribution in [0.5, 0.6) is 0 Å². The van der Waals surface area contributed by atoms with Crippen LogP contribution < -0.4 is 10.6 Å². The van der Waals surface area contributed by atoms with Gasteiger partial charge < -0.3 is 15.8 Å². The first-order valence-corrected chi connectivity index (χ1v) is 6.18. The molecule has 0 bridgehead atoms. The zero-order valence-electron chi connectivity index (χ0n) is 10.4. The molecule has 18 heavy (non-hydrogen) atoms. The molecule has 1 aromatic rings. The van der Waals surface area contributed by atoms with Crippen molar-refractivity contribution in [1.29, 1.82) is 0 Å². The van der Waals surface area contributed by atoms with Gasteiger partial charge in [-0.3, -0.25) is 0 Å². The van der Waals surface area contributed by atoms with Crippen molar-refractivity contribution in [1.82, 2.24) is 0 Å². The zero-order valence-corrected chi connectivity index (χ0v) is 10.4. The topological polar surface area (TPSA) is 61.8 Å². The first-order chi connectivity index (χ1) is 8.65. The molecule has 4 nitrogen and oxygen atoms in total. The van der Waals surface area contributed by atoms with Gasteiger partial charge in [0.05, 0.1) is 0 Å². The van der Waals surface area contributed by atoms with Crippen molar-refractivity contribution in [2.75, 3.05) is 18.0 Å². The average molecular weight is 251 g/mol. The Kier molecular flexibility index (Phi) is 3.69. The van der Waals surface area contributed by atoms with E-state index in [0.29, 0.717) is 11.5 Å². The van der Waals surface area contributed by atoms with Crippen molar-refractivity contribution < 1.29 is 9.60 Å². The van der Waals surface area contributed by atoms with Gasteiger partial charge in [0.25, 0.3) is 0 Å². The first kappa shape index (κ1) is 12.7. The van der Waals surface area contributed by atoms with Crippen LogP contribution in [0.2, 0.25) is 0 Å². The third kappa shape index (κ3) is 2.39. The Hall–Kier alpha value is -1.78. The van der Waals surface area contributed by atoms with Crippen LogP contribution in [-0.4, -0.2) is 24.1 Å². The minimum atomic E-state index is -0.383. The number of hydrogen-bond donors (Lipinski definition) is 2. The minimum Gasteiger partial charge on any atom is -0.409 e. The fourth-order valence-corrected chi connectivity index (χ4v) is 2.43. The molecule has 0 radical (unpaired) electrons. The van der Waals surface area contributed by atoms with Crippen molar-refractivity contribution in [2.45, 2.75) is 19.8 Å². The Balaban J connectivity index is 2.33. The molecule has 3 N–H and O–H groups in total. The van der Waals surface area contributed by atoms with Gasteiger partial charge in [0.15, 0.2) is 5.84 Å². The van der Waals surface area contributed by atoms with Crippen molar-refractivity contribution in [3.8, 4) is 0 Å². The largest absolute Gasteiger partial charge is 0.409 e. The van der Waals surface area contributed by atoms with Gasteiger partial charge in [-0.25, -0.2) is 4.39 Å². The van der Waals surface area contributed by atoms with Crippen LogP contribution in [0.3, 0.4) is 0 Å². The quantitative estimate of drug-likeness (QED) is 0.374. The maximum Gasteiger partial charge on any atom is 0.172 e. The van der Waals surface area contributed by atoms with Crippen LogP contribution in [0, 0.1) is 11.7 Å². The molecule has 0 aliphatic carbocycles. The van der Waals surface area contributed by atoms with Gasteiger partial charge in [-0.1, -0.05) is 18.5 Å². The summed E-state index contributed by atoms with van der Waals surface area (Å²) >= 11 is 0. The van der Waals surface area contributed by atoms with E-state index in [9.17, 15) is 4.39 Å². The highest BCUT2D eigenvalue weighted by molar-refractivity contribution is 6.02. The number of oxime groups is 1. The summed E-state index contributed by atoms with van der Waals surface area (Å²) in [5.74, 6) is 0.228. The van der Waals surface area contributed by atoms with Crippen molar-refractivity contribution in [3.63, 3.8) is 0 Å². The molecule has 1 fully saturated rings. The Morgan fingerprint density at radius 3 is 3.00 bits per heavy atom. The first-order valence-electron chi connectivity index (χ1n) is 6.18. The summed E-state index contributed by atoms with van der Waals surface area (Å²) in [6, 6.07) is 4.41. The third-order valence-electron chi connectivity index (χ3n) is 3.55. The van der Waals surface area contributed by atoms with Gasteiger partial charge >= 0.3 is 0 Å². The Bertz CT molecular complexity index is 462. The molecule has 98 valence electrons. The molecule has 0 saturated carbocycles. The molecule has 1 heterocycles. The van der Waals surface area contributed by atoms with E-state index in [2.05, 4.69) is 17.0 Å². The van der Waals surface area contributed by atoms with E-state index in [1.54, 1.807) is 6.07 Å². The molecule has 1 aromatic carbocycles. The van der Waals surface area contributed by atoms with E-state index in [4.69, 9.17) is 10.9 Å². The summed E-state index contributed by atoms with van der Waals surface area (Å²) < 4.78 is 13.3. The third-order valence-corrected chi connectivity index (χ3v) is 3.55. The lowest BCUT2D eigenvalue weighted by atomic mass is 10.1. The smallest absolute Gasteiger partial charge is 0.172 e. The molecule has 1 atom stereocenters. The van der Waals surface area contributed by atoms with Crippen LogP contribution in [-0.2, 0) is 0 Å². The summed E-state index contributed by atoms with van der Waals surface area (Å²) in [7, 11) is 0. The number of nitrogens with zero attached hydrogens (tertiary/aromatic N) is 2. The van der Waals surface area contributed by atoms with Crippen LogP contribution in [0.25, 0.3) is 0 Å². The van der Waals surface area contributed by atoms with Crippen LogP contribution in [0.1, 0.15) is 25.3 Å². The van der Waals surface area contributed by atoms with E-state index < -0.39 is 0 Å². The second-order valence-electron chi connectivity index (χ2n) is 4.66. The Morgan fingerprint density at radius 2 is 2.39 bits per heavy atom. The lowest BCUT2D eigenvalue weighted by Gasteiger charge is -2.21. The number of amidine groups is 1. The van der Waals surface area contributed by atoms with Gasteiger partial charge in [-0.2, -0.15) is 0 Å². The predicted octanol–water partition coefficient (Wildman–Crippen LogP) is 2.16. The highest BCUT2D eigenvalue weighted by Crippen LogP contribution is 2.28. The lowest BCUT2D eigenvalue weighted by molar-refractivity contribution is 0.318. The monoisotopic (exact) mass is 251 g/mol. The molecule has 1 saturated heterocycles. The second-order valence-corrected chi connectivity index (χ2v) is 4.66. The number of halogens is 1. The average Bonchev–Trinajstić information content (AvgIpc) is 2.86. The number of hydrogen-bond acceptors (Lipinski definition) is 3. The molecule has 1 unspecified atom stereocenters. The molecule has 1 aliphatic rings. The standard InChI is InChI=1S/C13H18FN3O/c1-2-9-5-6-17(8-9)12-4-3-10(14)7-11(12)13(15)16-18/h3-4,7,9,18H,2,5-6,8H2,1H3,(H2,15,16). The van der Waals surface area contributed by atoms with Crippen molar-refractivity contribution >= 4 is 11.5 Å². The van der Waals surface area contributed by atoms with Crippen molar-refractivity contribution in [3.05, 3.63) is 29.6 Å². The molecular formula is C13H18FN3O. The van der Waals surface area contributed by atoms with Crippen molar-refractivity contribution in [2.24, 2.45) is 16.8 Å². The van der Waals surface area contributed by atoms with Gasteiger partial charge in [0.2, 0.25) is 0 Å². The summed E-state index contributed by atoms with van der Waals surface area (Å²) in [5.41, 5.74) is 6.89. The maximum atomic E-state index is 13.3. The van der Waals surface area contributed by atoms with E-state index >= 15 is 0 Å². The van der Waals surface area contributed by atoms with Crippen LogP contribution >= 0.6 is 0 Å². The molecule has 0 amide bonds.